The second kappa shape index (κ2) is 11.7. The minimum atomic E-state index is -0.489. The van der Waals surface area contributed by atoms with E-state index in [4.69, 9.17) is 14.3 Å². The average molecular weight is 478 g/mol. The van der Waals surface area contributed by atoms with E-state index < -0.39 is 5.97 Å². The van der Waals surface area contributed by atoms with E-state index >= 15 is 0 Å². The topological polar surface area (TPSA) is 64.8 Å². The molecule has 2 heterocycles. The van der Waals surface area contributed by atoms with Gasteiger partial charge in [-0.3, -0.25) is 14.7 Å². The molecule has 1 aromatic heterocycles. The van der Waals surface area contributed by atoms with Crippen LogP contribution in [0.2, 0.25) is 0 Å². The van der Waals surface area contributed by atoms with Gasteiger partial charge in [0.2, 0.25) is 5.89 Å². The molecule has 4 aromatic rings. The van der Waals surface area contributed by atoms with Gasteiger partial charge < -0.3 is 4.42 Å². The predicted octanol–water partition coefficient (Wildman–Crippen LogP) is 5.82. The molecule has 0 aliphatic carbocycles. The van der Waals surface area contributed by atoms with Gasteiger partial charge in [0.05, 0.1) is 6.04 Å². The van der Waals surface area contributed by atoms with Gasteiger partial charge in [0.25, 0.3) is 0 Å². The third kappa shape index (κ3) is 6.03. The summed E-state index contributed by atoms with van der Waals surface area (Å²) in [5.41, 5.74) is 3.98. The fourth-order valence-corrected chi connectivity index (χ4v) is 4.39. The number of likely N-dealkylation sites (tertiary alicyclic amines) is 1. The average Bonchev–Trinajstić information content (AvgIpc) is 3.51. The van der Waals surface area contributed by atoms with E-state index in [9.17, 15) is 4.79 Å². The van der Waals surface area contributed by atoms with Crippen LogP contribution in [0.25, 0.3) is 22.6 Å². The van der Waals surface area contributed by atoms with E-state index in [1.165, 1.54) is 6.92 Å². The molecule has 5 rings (SSSR count). The molecule has 6 nitrogen and oxygen atoms in total. The normalized spacial score (nSPS) is 15.4. The smallest absolute Gasteiger partial charge is 0.352 e. The summed E-state index contributed by atoms with van der Waals surface area (Å²) in [5, 5.41) is 0. The molecule has 173 valence electrons. The molecule has 7 heteroatoms. The van der Waals surface area contributed by atoms with Crippen LogP contribution in [0, 0.1) is 0 Å². The third-order valence-electron chi connectivity index (χ3n) is 5.91. The SMILES string of the molecule is CC(=O)OOc1cccc(CN2CCC[C@H]2c2nc(-c3ccccc3)c(-c3ccccc3)o2)c1.[Na]. The Balaban J connectivity index is 0.00000289. The monoisotopic (exact) mass is 477 g/mol. The van der Waals surface area contributed by atoms with Crippen molar-refractivity contribution in [3.8, 4) is 28.3 Å². The summed E-state index contributed by atoms with van der Waals surface area (Å²) in [6.45, 7) is 2.97. The Kier molecular flexibility index (Phi) is 8.42. The van der Waals surface area contributed by atoms with Gasteiger partial charge in [0.15, 0.2) is 11.5 Å². The van der Waals surface area contributed by atoms with Gasteiger partial charge >= 0.3 is 5.97 Å². The van der Waals surface area contributed by atoms with Crippen molar-refractivity contribution in [2.45, 2.75) is 32.4 Å². The summed E-state index contributed by atoms with van der Waals surface area (Å²) in [7, 11) is 0. The first kappa shape index (κ1) is 25.2. The second-order valence-electron chi connectivity index (χ2n) is 8.40. The van der Waals surface area contributed by atoms with Crippen molar-refractivity contribution in [2.75, 3.05) is 6.54 Å². The number of carbonyl (C=O) groups excluding carboxylic acids is 1. The van der Waals surface area contributed by atoms with E-state index in [-0.39, 0.29) is 35.6 Å². The van der Waals surface area contributed by atoms with E-state index in [0.29, 0.717) is 12.3 Å². The molecular formula is C28H26N2NaO4. The van der Waals surface area contributed by atoms with Gasteiger partial charge in [0.1, 0.15) is 5.69 Å². The van der Waals surface area contributed by atoms with Crippen LogP contribution in [-0.2, 0) is 16.2 Å². The Morgan fingerprint density at radius 1 is 1.00 bits per heavy atom. The number of benzene rings is 3. The van der Waals surface area contributed by atoms with E-state index in [1.807, 2.05) is 54.6 Å². The molecule has 0 saturated carbocycles. The molecule has 0 unspecified atom stereocenters. The maximum Gasteiger partial charge on any atom is 0.352 e. The zero-order valence-electron chi connectivity index (χ0n) is 20.0. The molecule has 35 heavy (non-hydrogen) atoms. The van der Waals surface area contributed by atoms with Gasteiger partial charge in [-0.1, -0.05) is 72.8 Å². The number of oxazole rings is 1. The predicted molar refractivity (Wildman–Crippen MR) is 134 cm³/mol. The van der Waals surface area contributed by atoms with E-state index in [2.05, 4.69) is 34.1 Å². The fourth-order valence-electron chi connectivity index (χ4n) is 4.39. The molecule has 3 aromatic carbocycles. The molecule has 0 bridgehead atoms. The van der Waals surface area contributed by atoms with Crippen molar-refractivity contribution in [2.24, 2.45) is 0 Å². The van der Waals surface area contributed by atoms with Crippen LogP contribution in [0.1, 0.15) is 37.3 Å². The van der Waals surface area contributed by atoms with Crippen LogP contribution in [0.5, 0.6) is 5.75 Å². The van der Waals surface area contributed by atoms with Crippen molar-refractivity contribution in [1.29, 1.82) is 0 Å². The molecule has 1 fully saturated rings. The third-order valence-corrected chi connectivity index (χ3v) is 5.91. The number of hydrogen-bond donors (Lipinski definition) is 0. The standard InChI is InChI=1S/C28H26N2O4.Na/c1-20(31)33-34-24-15-8-10-21(18-24)19-30-17-9-16-25(30)28-29-26(22-11-4-2-5-12-22)27(32-28)23-13-6-3-7-14-23;/h2-8,10-15,18,25H,9,16-17,19H2,1H3;/t25-;/m0./s1. The molecule has 1 saturated heterocycles. The van der Waals surface area contributed by atoms with Gasteiger partial charge in [-0.05, 0) is 37.1 Å². The molecule has 1 atom stereocenters. The Labute approximate surface area is 227 Å². The Bertz CT molecular complexity index is 1200. The number of rotatable bonds is 7. The van der Waals surface area contributed by atoms with Gasteiger partial charge in [-0.25, -0.2) is 9.78 Å². The van der Waals surface area contributed by atoms with Crippen molar-refractivity contribution in [3.63, 3.8) is 0 Å². The first-order valence-electron chi connectivity index (χ1n) is 11.5. The van der Waals surface area contributed by atoms with E-state index in [1.54, 1.807) is 6.07 Å². The Hall–Kier alpha value is -2.90. The first-order valence-corrected chi connectivity index (χ1v) is 11.5. The van der Waals surface area contributed by atoms with Crippen LogP contribution >= 0.6 is 0 Å². The number of nitrogens with zero attached hydrogens (tertiary/aromatic N) is 2. The van der Waals surface area contributed by atoms with E-state index in [0.717, 1.165) is 53.4 Å². The zero-order valence-corrected chi connectivity index (χ0v) is 22.0. The van der Waals surface area contributed by atoms with Gasteiger partial charge in [-0.15, -0.1) is 0 Å². The number of carbonyl (C=O) groups is 1. The molecule has 0 N–H and O–H groups in total. The fraction of sp³-hybridized carbons (Fsp3) is 0.214. The van der Waals surface area contributed by atoms with Gasteiger partial charge in [0, 0.05) is 54.2 Å². The largest absolute Gasteiger partial charge is 0.438 e. The van der Waals surface area contributed by atoms with Crippen LogP contribution in [0.15, 0.2) is 89.3 Å². The molecular weight excluding hydrogens is 451 g/mol. The second-order valence-corrected chi connectivity index (χ2v) is 8.40. The summed E-state index contributed by atoms with van der Waals surface area (Å²) in [4.78, 5) is 28.2. The summed E-state index contributed by atoms with van der Waals surface area (Å²) in [6.07, 6.45) is 2.05. The van der Waals surface area contributed by atoms with Crippen molar-refractivity contribution in [1.82, 2.24) is 9.88 Å². The van der Waals surface area contributed by atoms with Crippen LogP contribution < -0.4 is 4.89 Å². The summed E-state index contributed by atoms with van der Waals surface area (Å²) in [5.74, 6) is 1.54. The van der Waals surface area contributed by atoms with Gasteiger partial charge in [-0.2, -0.15) is 0 Å². The molecule has 1 aliphatic rings. The minimum absolute atomic E-state index is 0. The Morgan fingerprint density at radius 3 is 2.43 bits per heavy atom. The first-order chi connectivity index (χ1) is 16.7. The summed E-state index contributed by atoms with van der Waals surface area (Å²) in [6, 6.07) is 28.0. The quantitative estimate of drug-likeness (QED) is 0.190. The zero-order chi connectivity index (χ0) is 23.3. The minimum Gasteiger partial charge on any atom is -0.438 e. The molecule has 1 radical (unpaired) electrons. The molecule has 0 spiro atoms. The molecule has 0 amide bonds. The molecule has 1 aliphatic heterocycles. The van der Waals surface area contributed by atoms with Crippen molar-refractivity contribution < 1.29 is 19.0 Å². The van der Waals surface area contributed by atoms with Crippen molar-refractivity contribution >= 4 is 35.5 Å². The maximum absolute atomic E-state index is 11.0. The number of aromatic nitrogens is 1. The Morgan fingerprint density at radius 2 is 1.71 bits per heavy atom. The summed E-state index contributed by atoms with van der Waals surface area (Å²) < 4.78 is 6.46. The van der Waals surface area contributed by atoms with Crippen molar-refractivity contribution in [3.05, 3.63) is 96.4 Å². The maximum atomic E-state index is 11.0. The van der Waals surface area contributed by atoms with Crippen LogP contribution in [0.3, 0.4) is 0 Å². The van der Waals surface area contributed by atoms with Crippen LogP contribution in [-0.4, -0.2) is 52.0 Å². The van der Waals surface area contributed by atoms with Crippen LogP contribution in [0.4, 0.5) is 0 Å². The summed E-state index contributed by atoms with van der Waals surface area (Å²) >= 11 is 0. The number of hydrogen-bond acceptors (Lipinski definition) is 6.